The van der Waals surface area contributed by atoms with Crippen molar-refractivity contribution >= 4 is 5.97 Å². The molecule has 0 amide bonds. The molecule has 3 aliphatic rings. The van der Waals surface area contributed by atoms with Gasteiger partial charge in [0.1, 0.15) is 12.2 Å². The number of carbonyl (C=O) groups excluding carboxylic acids is 1. The van der Waals surface area contributed by atoms with E-state index in [2.05, 4.69) is 6.92 Å². The number of aliphatic hydroxyl groups is 2. The van der Waals surface area contributed by atoms with Gasteiger partial charge in [0.05, 0.1) is 18.3 Å². The average molecular weight is 453 g/mol. The molecule has 1 spiro atoms. The first kappa shape index (κ1) is 25.7. The summed E-state index contributed by atoms with van der Waals surface area (Å²) in [6, 6.07) is 0. The second kappa shape index (κ2) is 13.1. The van der Waals surface area contributed by atoms with Crippen LogP contribution in [0.1, 0.15) is 110 Å². The third kappa shape index (κ3) is 8.12. The molecule has 0 aromatic rings. The van der Waals surface area contributed by atoms with Crippen molar-refractivity contribution in [3.05, 3.63) is 12.2 Å². The monoisotopic (exact) mass is 452 g/mol. The van der Waals surface area contributed by atoms with Crippen LogP contribution in [0, 0.1) is 0 Å². The van der Waals surface area contributed by atoms with E-state index in [1.807, 2.05) is 0 Å². The molecule has 0 saturated carbocycles. The summed E-state index contributed by atoms with van der Waals surface area (Å²) in [5.41, 5.74) is 0. The zero-order chi connectivity index (χ0) is 22.8. The van der Waals surface area contributed by atoms with Gasteiger partial charge in [0.25, 0.3) is 0 Å². The van der Waals surface area contributed by atoms with Crippen molar-refractivity contribution in [3.8, 4) is 0 Å². The molecule has 0 radical (unpaired) electrons. The first-order chi connectivity index (χ1) is 15.5. The summed E-state index contributed by atoms with van der Waals surface area (Å²) < 4.78 is 17.7. The lowest BCUT2D eigenvalue weighted by Gasteiger charge is -2.40. The minimum atomic E-state index is -0.928. The Morgan fingerprint density at radius 2 is 1.66 bits per heavy atom. The van der Waals surface area contributed by atoms with E-state index in [1.165, 1.54) is 63.9 Å². The first-order valence-electron chi connectivity index (χ1n) is 13.1. The summed E-state index contributed by atoms with van der Waals surface area (Å²) in [5, 5.41) is 20.9. The third-order valence-electron chi connectivity index (χ3n) is 7.06. The van der Waals surface area contributed by atoms with Crippen molar-refractivity contribution in [1.82, 2.24) is 0 Å². The molecule has 2 fully saturated rings. The SMILES string of the molecule is CCCCCCCCCCCCC[C@@H](O)C[C@@H]1C[C@@H](O)C[C@]2(C[C@H]3OC(=O)C=C[C@H]3O2)O1. The first-order valence-corrected chi connectivity index (χ1v) is 13.1. The third-order valence-corrected chi connectivity index (χ3v) is 7.06. The van der Waals surface area contributed by atoms with Crippen LogP contribution in [0.4, 0.5) is 0 Å². The summed E-state index contributed by atoms with van der Waals surface area (Å²) in [4.78, 5) is 11.5. The highest BCUT2D eigenvalue weighted by Crippen LogP contribution is 2.43. The topological polar surface area (TPSA) is 85.2 Å². The highest BCUT2D eigenvalue weighted by atomic mass is 16.7. The van der Waals surface area contributed by atoms with Crippen LogP contribution in [0.15, 0.2) is 12.2 Å². The van der Waals surface area contributed by atoms with Crippen molar-refractivity contribution in [2.45, 2.75) is 146 Å². The normalized spacial score (nSPS) is 32.8. The Hall–Kier alpha value is -0.950. The Balaban J connectivity index is 1.28. The minimum Gasteiger partial charge on any atom is -0.456 e. The number of esters is 1. The molecular formula is C26H44O6. The zero-order valence-electron chi connectivity index (χ0n) is 19.9. The highest BCUT2D eigenvalue weighted by Gasteiger charge is 2.53. The maximum absolute atomic E-state index is 11.5. The predicted molar refractivity (Wildman–Crippen MR) is 123 cm³/mol. The zero-order valence-corrected chi connectivity index (χ0v) is 19.9. The van der Waals surface area contributed by atoms with Gasteiger partial charge in [-0.25, -0.2) is 4.79 Å². The fraction of sp³-hybridized carbons (Fsp3) is 0.885. The molecule has 2 N–H and O–H groups in total. The molecular weight excluding hydrogens is 408 g/mol. The highest BCUT2D eigenvalue weighted by molar-refractivity contribution is 5.83. The van der Waals surface area contributed by atoms with Crippen LogP contribution in [0.3, 0.4) is 0 Å². The second-order valence-electron chi connectivity index (χ2n) is 10.1. The smallest absolute Gasteiger partial charge is 0.330 e. The molecule has 6 atom stereocenters. The Labute approximate surface area is 193 Å². The quantitative estimate of drug-likeness (QED) is 0.287. The van der Waals surface area contributed by atoms with Gasteiger partial charge in [0.15, 0.2) is 5.79 Å². The van der Waals surface area contributed by atoms with Gasteiger partial charge in [-0.2, -0.15) is 0 Å². The van der Waals surface area contributed by atoms with Gasteiger partial charge in [-0.05, 0) is 25.3 Å². The Bertz CT molecular complexity index is 593. The van der Waals surface area contributed by atoms with Crippen LogP contribution >= 0.6 is 0 Å². The Kier molecular flexibility index (Phi) is 10.5. The van der Waals surface area contributed by atoms with Crippen molar-refractivity contribution in [1.29, 1.82) is 0 Å². The molecule has 6 heteroatoms. The van der Waals surface area contributed by atoms with E-state index in [0.717, 1.165) is 19.3 Å². The predicted octanol–water partition coefficient (Wildman–Crippen LogP) is 4.95. The number of ether oxygens (including phenoxy) is 3. The molecule has 0 aromatic heterocycles. The van der Waals surface area contributed by atoms with Gasteiger partial charge in [0.2, 0.25) is 0 Å². The summed E-state index contributed by atoms with van der Waals surface area (Å²) in [6.45, 7) is 2.26. The maximum Gasteiger partial charge on any atom is 0.330 e. The van der Waals surface area contributed by atoms with Crippen LogP contribution in [0.25, 0.3) is 0 Å². The van der Waals surface area contributed by atoms with Crippen LogP contribution < -0.4 is 0 Å². The molecule has 184 valence electrons. The van der Waals surface area contributed by atoms with Crippen molar-refractivity contribution in [3.63, 3.8) is 0 Å². The van der Waals surface area contributed by atoms with E-state index >= 15 is 0 Å². The molecule has 3 rings (SSSR count). The summed E-state index contributed by atoms with van der Waals surface area (Å²) in [5.74, 6) is -1.29. The van der Waals surface area contributed by atoms with Crippen molar-refractivity contribution in [2.75, 3.05) is 0 Å². The molecule has 0 unspecified atom stereocenters. The number of unbranched alkanes of at least 4 members (excludes halogenated alkanes) is 10. The number of fused-ring (bicyclic) bond motifs is 1. The van der Waals surface area contributed by atoms with Crippen LogP contribution in [0.5, 0.6) is 0 Å². The van der Waals surface area contributed by atoms with E-state index in [4.69, 9.17) is 14.2 Å². The standard InChI is InChI=1S/C26H44O6/c1-2-3-4-5-6-7-8-9-10-11-12-13-20(27)16-22-17-21(28)18-26(31-22)19-24-23(32-26)14-15-25(29)30-24/h14-15,20-24,27-28H,2-13,16-19H2,1H3/t20-,21-,22-,23-,24-,26+/m1/s1. The molecule has 2 saturated heterocycles. The minimum absolute atomic E-state index is 0.249. The fourth-order valence-corrected chi connectivity index (χ4v) is 5.39. The van der Waals surface area contributed by atoms with Crippen molar-refractivity contribution in [2.24, 2.45) is 0 Å². The van der Waals surface area contributed by atoms with Gasteiger partial charge >= 0.3 is 5.97 Å². The van der Waals surface area contributed by atoms with Gasteiger partial charge in [-0.1, -0.05) is 77.6 Å². The van der Waals surface area contributed by atoms with E-state index < -0.39 is 18.0 Å². The van der Waals surface area contributed by atoms with E-state index in [1.54, 1.807) is 6.08 Å². The van der Waals surface area contributed by atoms with Gasteiger partial charge < -0.3 is 24.4 Å². The number of aliphatic hydroxyl groups excluding tert-OH is 2. The molecule has 3 aliphatic heterocycles. The number of rotatable bonds is 14. The van der Waals surface area contributed by atoms with Gasteiger partial charge in [0, 0.05) is 18.9 Å². The van der Waals surface area contributed by atoms with Crippen LogP contribution in [-0.2, 0) is 19.0 Å². The molecule has 32 heavy (non-hydrogen) atoms. The lowest BCUT2D eigenvalue weighted by Crippen LogP contribution is -2.47. The lowest BCUT2D eigenvalue weighted by molar-refractivity contribution is -0.285. The number of carbonyl (C=O) groups is 1. The van der Waals surface area contributed by atoms with E-state index in [-0.39, 0.29) is 24.3 Å². The maximum atomic E-state index is 11.5. The fourth-order valence-electron chi connectivity index (χ4n) is 5.39. The lowest BCUT2D eigenvalue weighted by atomic mass is 9.92. The Morgan fingerprint density at radius 1 is 1.00 bits per heavy atom. The van der Waals surface area contributed by atoms with Crippen molar-refractivity contribution < 1.29 is 29.2 Å². The van der Waals surface area contributed by atoms with Gasteiger partial charge in [-0.15, -0.1) is 0 Å². The van der Waals surface area contributed by atoms with Crippen LogP contribution in [-0.4, -0.2) is 52.5 Å². The molecule has 6 nitrogen and oxygen atoms in total. The van der Waals surface area contributed by atoms with Gasteiger partial charge in [-0.3, -0.25) is 0 Å². The molecule has 0 aromatic carbocycles. The number of hydrogen-bond acceptors (Lipinski definition) is 6. The molecule has 3 heterocycles. The molecule has 0 bridgehead atoms. The summed E-state index contributed by atoms with van der Waals surface area (Å²) in [6.07, 6.45) is 18.0. The van der Waals surface area contributed by atoms with Crippen LogP contribution in [0.2, 0.25) is 0 Å². The average Bonchev–Trinajstić information content (AvgIpc) is 3.07. The van der Waals surface area contributed by atoms with E-state index in [9.17, 15) is 15.0 Å². The summed E-state index contributed by atoms with van der Waals surface area (Å²) >= 11 is 0. The number of hydrogen-bond donors (Lipinski definition) is 2. The summed E-state index contributed by atoms with van der Waals surface area (Å²) in [7, 11) is 0. The second-order valence-corrected chi connectivity index (χ2v) is 10.1. The largest absolute Gasteiger partial charge is 0.456 e. The Morgan fingerprint density at radius 3 is 2.34 bits per heavy atom. The molecule has 0 aliphatic carbocycles. The van der Waals surface area contributed by atoms with E-state index in [0.29, 0.717) is 25.7 Å².